The van der Waals surface area contributed by atoms with E-state index in [-0.39, 0.29) is 19.1 Å². The highest BCUT2D eigenvalue weighted by Crippen LogP contribution is 2.33. The summed E-state index contributed by atoms with van der Waals surface area (Å²) in [6.45, 7) is 2.93. The average Bonchev–Trinajstić information content (AvgIpc) is 2.51. The molecule has 1 aromatic rings. The number of amides is 3. The van der Waals surface area contributed by atoms with Crippen LogP contribution in [0.1, 0.15) is 19.4 Å². The molecular formula is C15H19N3O5. The van der Waals surface area contributed by atoms with E-state index in [1.807, 2.05) is 30.3 Å². The van der Waals surface area contributed by atoms with E-state index in [0.29, 0.717) is 0 Å². The number of β-lactam (4-membered cyclic amide) rings is 1. The first-order valence-electron chi connectivity index (χ1n) is 7.05. The van der Waals surface area contributed by atoms with Gasteiger partial charge in [-0.3, -0.25) is 14.4 Å². The Kier molecular flexibility index (Phi) is 4.85. The maximum atomic E-state index is 12.2. The maximum absolute atomic E-state index is 12.2. The Bertz CT molecular complexity index is 606. The number of carbonyl (C=O) groups excluding carboxylic acids is 3. The first kappa shape index (κ1) is 16.8. The van der Waals surface area contributed by atoms with Gasteiger partial charge in [0.05, 0.1) is 0 Å². The molecule has 124 valence electrons. The molecule has 0 unspecified atom stereocenters. The fraction of sp³-hybridized carbons (Fsp3) is 0.400. The molecule has 1 heterocycles. The van der Waals surface area contributed by atoms with Gasteiger partial charge in [0.25, 0.3) is 5.91 Å². The van der Waals surface area contributed by atoms with Gasteiger partial charge in [-0.15, -0.1) is 0 Å². The second-order valence-electron chi connectivity index (χ2n) is 5.49. The van der Waals surface area contributed by atoms with Gasteiger partial charge in [0.1, 0.15) is 24.8 Å². The molecule has 23 heavy (non-hydrogen) atoms. The predicted octanol–water partition coefficient (Wildman–Crippen LogP) is 0.319. The topological polar surface area (TPSA) is 111 Å². The Hall–Kier alpha value is -2.61. The summed E-state index contributed by atoms with van der Waals surface area (Å²) < 4.78 is 4.80. The van der Waals surface area contributed by atoms with Crippen molar-refractivity contribution in [3.8, 4) is 0 Å². The van der Waals surface area contributed by atoms with Gasteiger partial charge < -0.3 is 15.8 Å². The van der Waals surface area contributed by atoms with Crippen LogP contribution >= 0.6 is 0 Å². The number of ether oxygens (including phenoxy) is 1. The molecule has 1 aliphatic rings. The van der Waals surface area contributed by atoms with E-state index in [1.165, 1.54) is 6.92 Å². The SMILES string of the molecule is CC(=O)N[C@@H]1C(=O)N(OCc2ccccc2)[C@]1(C)COC(N)=O. The summed E-state index contributed by atoms with van der Waals surface area (Å²) in [7, 11) is 0. The van der Waals surface area contributed by atoms with Gasteiger partial charge in [-0.05, 0) is 12.5 Å². The normalized spacial score (nSPS) is 23.1. The molecule has 0 radical (unpaired) electrons. The van der Waals surface area contributed by atoms with Crippen molar-refractivity contribution >= 4 is 17.9 Å². The third kappa shape index (κ3) is 3.59. The molecule has 0 spiro atoms. The molecule has 1 fully saturated rings. The van der Waals surface area contributed by atoms with Crippen molar-refractivity contribution in [2.45, 2.75) is 32.0 Å². The minimum absolute atomic E-state index is 0.172. The van der Waals surface area contributed by atoms with Crippen LogP contribution in [0.4, 0.5) is 4.79 Å². The molecule has 0 aliphatic carbocycles. The lowest BCUT2D eigenvalue weighted by molar-refractivity contribution is -0.273. The molecule has 2 atom stereocenters. The highest BCUT2D eigenvalue weighted by atomic mass is 16.7. The van der Waals surface area contributed by atoms with Crippen LogP contribution in [0.15, 0.2) is 30.3 Å². The maximum Gasteiger partial charge on any atom is 0.404 e. The molecule has 8 heteroatoms. The molecule has 1 saturated heterocycles. The summed E-state index contributed by atoms with van der Waals surface area (Å²) in [5.41, 5.74) is 4.83. The fourth-order valence-electron chi connectivity index (χ4n) is 2.39. The number of nitrogens with one attached hydrogen (secondary N) is 1. The van der Waals surface area contributed by atoms with E-state index in [4.69, 9.17) is 15.3 Å². The summed E-state index contributed by atoms with van der Waals surface area (Å²) in [4.78, 5) is 39.8. The number of hydrogen-bond acceptors (Lipinski definition) is 5. The summed E-state index contributed by atoms with van der Waals surface area (Å²) in [6.07, 6.45) is -0.963. The van der Waals surface area contributed by atoms with Gasteiger partial charge >= 0.3 is 6.09 Å². The Morgan fingerprint density at radius 2 is 2.00 bits per heavy atom. The molecular weight excluding hydrogens is 302 g/mol. The zero-order chi connectivity index (χ0) is 17.0. The van der Waals surface area contributed by atoms with Gasteiger partial charge in [-0.25, -0.2) is 9.86 Å². The summed E-state index contributed by atoms with van der Waals surface area (Å²) in [5.74, 6) is -0.775. The van der Waals surface area contributed by atoms with Crippen LogP contribution in [0.3, 0.4) is 0 Å². The molecule has 8 nitrogen and oxygen atoms in total. The zero-order valence-electron chi connectivity index (χ0n) is 12.9. The summed E-state index contributed by atoms with van der Waals surface area (Å²) in [5, 5.41) is 3.64. The van der Waals surface area contributed by atoms with Gasteiger partial charge in [0.15, 0.2) is 0 Å². The molecule has 0 saturated carbocycles. The first-order valence-corrected chi connectivity index (χ1v) is 7.05. The molecule has 0 bridgehead atoms. The lowest BCUT2D eigenvalue weighted by atomic mass is 9.83. The molecule has 0 aromatic heterocycles. The second kappa shape index (κ2) is 6.66. The van der Waals surface area contributed by atoms with E-state index in [9.17, 15) is 14.4 Å². The monoisotopic (exact) mass is 321 g/mol. The van der Waals surface area contributed by atoms with E-state index < -0.39 is 23.6 Å². The Morgan fingerprint density at radius 3 is 2.57 bits per heavy atom. The first-order chi connectivity index (χ1) is 10.8. The van der Waals surface area contributed by atoms with Gasteiger partial charge in [-0.2, -0.15) is 0 Å². The molecule has 1 aromatic carbocycles. The predicted molar refractivity (Wildman–Crippen MR) is 79.6 cm³/mol. The second-order valence-corrected chi connectivity index (χ2v) is 5.49. The number of hydrogen-bond donors (Lipinski definition) is 2. The Balaban J connectivity index is 2.07. The number of rotatable bonds is 6. The fourth-order valence-corrected chi connectivity index (χ4v) is 2.39. The van der Waals surface area contributed by atoms with Crippen molar-refractivity contribution < 1.29 is 24.0 Å². The third-order valence-electron chi connectivity index (χ3n) is 3.59. The van der Waals surface area contributed by atoms with Crippen LogP contribution in [0.25, 0.3) is 0 Å². The lowest BCUT2D eigenvalue weighted by Gasteiger charge is -2.53. The lowest BCUT2D eigenvalue weighted by Crippen LogP contribution is -2.79. The minimum atomic E-state index is -1.02. The molecule has 3 N–H and O–H groups in total. The van der Waals surface area contributed by atoms with E-state index in [2.05, 4.69) is 5.32 Å². The van der Waals surface area contributed by atoms with Gasteiger partial charge in [0, 0.05) is 6.92 Å². The summed E-state index contributed by atoms with van der Waals surface area (Å²) >= 11 is 0. The number of benzene rings is 1. The number of primary amides is 1. The van der Waals surface area contributed by atoms with Crippen LogP contribution in [0.2, 0.25) is 0 Å². The van der Waals surface area contributed by atoms with Crippen molar-refractivity contribution in [2.75, 3.05) is 6.61 Å². The molecule has 1 aliphatic heterocycles. The minimum Gasteiger partial charge on any atom is -0.447 e. The largest absolute Gasteiger partial charge is 0.447 e. The molecule has 3 amide bonds. The van der Waals surface area contributed by atoms with Crippen LogP contribution in [-0.4, -0.2) is 41.2 Å². The van der Waals surface area contributed by atoms with Crippen molar-refractivity contribution in [3.05, 3.63) is 35.9 Å². The smallest absolute Gasteiger partial charge is 0.404 e. The van der Waals surface area contributed by atoms with Gasteiger partial charge in [-0.1, -0.05) is 30.3 Å². The van der Waals surface area contributed by atoms with Crippen molar-refractivity contribution in [1.82, 2.24) is 10.4 Å². The average molecular weight is 321 g/mol. The van der Waals surface area contributed by atoms with Crippen molar-refractivity contribution in [2.24, 2.45) is 5.73 Å². The van der Waals surface area contributed by atoms with E-state index >= 15 is 0 Å². The van der Waals surface area contributed by atoms with Crippen LogP contribution in [0.5, 0.6) is 0 Å². The number of nitrogens with two attached hydrogens (primary N) is 1. The number of hydroxylamine groups is 2. The quantitative estimate of drug-likeness (QED) is 0.733. The third-order valence-corrected chi connectivity index (χ3v) is 3.59. The summed E-state index contributed by atoms with van der Waals surface area (Å²) in [6, 6.07) is 8.45. The van der Waals surface area contributed by atoms with E-state index in [0.717, 1.165) is 10.6 Å². The highest BCUT2D eigenvalue weighted by Gasteiger charge is 2.60. The van der Waals surface area contributed by atoms with Crippen LogP contribution in [0, 0.1) is 0 Å². The van der Waals surface area contributed by atoms with Crippen molar-refractivity contribution in [1.29, 1.82) is 0 Å². The van der Waals surface area contributed by atoms with E-state index in [1.54, 1.807) is 6.92 Å². The zero-order valence-corrected chi connectivity index (χ0v) is 12.9. The van der Waals surface area contributed by atoms with Gasteiger partial charge in [0.2, 0.25) is 5.91 Å². The van der Waals surface area contributed by atoms with Crippen LogP contribution < -0.4 is 11.1 Å². The molecule has 2 rings (SSSR count). The Labute approximate surface area is 133 Å². The standard InChI is InChI=1S/C15H19N3O5/c1-10(19)17-12-13(20)18(15(12,2)9-22-14(16)21)23-8-11-6-4-3-5-7-11/h3-7,12H,8-9H2,1-2H3,(H2,16,21)(H,17,19)/t12-,15-/m1/s1. The van der Waals surface area contributed by atoms with Crippen LogP contribution in [-0.2, 0) is 25.8 Å². The van der Waals surface area contributed by atoms with Crippen molar-refractivity contribution in [3.63, 3.8) is 0 Å². The highest BCUT2D eigenvalue weighted by molar-refractivity contribution is 5.93. The number of nitrogens with zero attached hydrogens (tertiary/aromatic N) is 1. The Morgan fingerprint density at radius 1 is 1.35 bits per heavy atom. The number of carbonyl (C=O) groups is 3.